The molecule has 4 nitrogen and oxygen atoms in total. The summed E-state index contributed by atoms with van der Waals surface area (Å²) in [6.45, 7) is 2.06. The van der Waals surface area contributed by atoms with Crippen molar-refractivity contribution in [1.82, 2.24) is 0 Å². The van der Waals surface area contributed by atoms with Crippen LogP contribution in [0.25, 0.3) is 0 Å². The number of allylic oxidation sites excluding steroid dienone is 7. The molecular weight excluding hydrogens is 472 g/mol. The molecule has 0 fully saturated rings. The summed E-state index contributed by atoms with van der Waals surface area (Å²) in [5.41, 5.74) is 0. The Hall–Kier alpha value is -2.35. The smallest absolute Gasteiger partial charge is 0.303 e. The quantitative estimate of drug-likeness (QED) is 0.0509. The number of aliphatic carboxylic acids is 1. The average Bonchev–Trinajstić information content (AvgIpc) is 2.89. The standard InChI is InChI=1S/C34H54O4/c1-2-3-22-27-32(35)29-24-20-21-25-30-33(36)28-23-18-16-14-12-10-8-6-4-5-7-9-11-13-15-17-19-26-31-34(37)38/h3,12,14,18,20-23,25,30,32-33,35-36H,2,4-11,13,15-17,19,26-28,31H2,1H3,(H,37,38)/b14-12+,21-20+,22-3+,23-18+,30-25+. The zero-order valence-corrected chi connectivity index (χ0v) is 23.9. The van der Waals surface area contributed by atoms with E-state index in [0.29, 0.717) is 19.3 Å². The zero-order valence-electron chi connectivity index (χ0n) is 23.9. The molecule has 0 aliphatic rings. The Morgan fingerprint density at radius 1 is 0.711 bits per heavy atom. The summed E-state index contributed by atoms with van der Waals surface area (Å²) in [5, 5.41) is 28.3. The maximum absolute atomic E-state index is 10.5. The van der Waals surface area contributed by atoms with E-state index in [4.69, 9.17) is 5.11 Å². The molecule has 3 N–H and O–H groups in total. The molecule has 0 amide bonds. The second-order valence-corrected chi connectivity index (χ2v) is 9.82. The van der Waals surface area contributed by atoms with Gasteiger partial charge in [0.2, 0.25) is 0 Å². The van der Waals surface area contributed by atoms with Crippen molar-refractivity contribution in [2.24, 2.45) is 0 Å². The van der Waals surface area contributed by atoms with E-state index in [0.717, 1.165) is 32.1 Å². The SMILES string of the molecule is CC/C=C/CC(O)C#C/C=C/C=C/C(O)C/C=C/C/C=C/CCCCCCCCCCCCCCC(=O)O. The molecule has 0 aromatic heterocycles. The molecule has 0 aromatic carbocycles. The van der Waals surface area contributed by atoms with Crippen LogP contribution in [0.3, 0.4) is 0 Å². The fourth-order valence-electron chi connectivity index (χ4n) is 3.90. The lowest BCUT2D eigenvalue weighted by molar-refractivity contribution is -0.137. The number of aliphatic hydroxyl groups is 2. The van der Waals surface area contributed by atoms with Crippen LogP contribution in [0.2, 0.25) is 0 Å². The van der Waals surface area contributed by atoms with Crippen molar-refractivity contribution in [3.05, 3.63) is 60.8 Å². The first kappa shape index (κ1) is 35.6. The third kappa shape index (κ3) is 29.9. The molecule has 0 rings (SSSR count). The first-order chi connectivity index (χ1) is 18.6. The molecule has 0 spiro atoms. The molecule has 0 aliphatic heterocycles. The molecule has 214 valence electrons. The van der Waals surface area contributed by atoms with Crippen molar-refractivity contribution in [2.75, 3.05) is 0 Å². The van der Waals surface area contributed by atoms with Gasteiger partial charge in [0.25, 0.3) is 0 Å². The summed E-state index contributed by atoms with van der Waals surface area (Å²) in [6.07, 6.45) is 37.7. The van der Waals surface area contributed by atoms with Gasteiger partial charge in [0.15, 0.2) is 0 Å². The summed E-state index contributed by atoms with van der Waals surface area (Å²) >= 11 is 0. The number of carbonyl (C=O) groups is 1. The third-order valence-corrected chi connectivity index (χ3v) is 6.13. The zero-order chi connectivity index (χ0) is 27.9. The van der Waals surface area contributed by atoms with Gasteiger partial charge in [-0.25, -0.2) is 0 Å². The Morgan fingerprint density at radius 3 is 1.92 bits per heavy atom. The highest BCUT2D eigenvalue weighted by molar-refractivity contribution is 5.66. The Morgan fingerprint density at radius 2 is 1.29 bits per heavy atom. The van der Waals surface area contributed by atoms with Crippen molar-refractivity contribution < 1.29 is 20.1 Å². The van der Waals surface area contributed by atoms with E-state index in [1.807, 2.05) is 18.2 Å². The molecule has 0 aliphatic carbocycles. The first-order valence-corrected chi connectivity index (χ1v) is 14.9. The van der Waals surface area contributed by atoms with Gasteiger partial charge in [-0.05, 0) is 44.6 Å². The normalized spacial score (nSPS) is 13.8. The average molecular weight is 527 g/mol. The van der Waals surface area contributed by atoms with Gasteiger partial charge >= 0.3 is 5.97 Å². The number of aliphatic hydroxyl groups excluding tert-OH is 2. The second-order valence-electron chi connectivity index (χ2n) is 9.82. The van der Waals surface area contributed by atoms with E-state index >= 15 is 0 Å². The second kappa shape index (κ2) is 29.2. The summed E-state index contributed by atoms with van der Waals surface area (Å²) in [4.78, 5) is 10.5. The number of hydrogen-bond donors (Lipinski definition) is 3. The van der Waals surface area contributed by atoms with Crippen molar-refractivity contribution in [3.8, 4) is 11.8 Å². The van der Waals surface area contributed by atoms with Crippen molar-refractivity contribution in [1.29, 1.82) is 0 Å². The van der Waals surface area contributed by atoms with Gasteiger partial charge < -0.3 is 15.3 Å². The van der Waals surface area contributed by atoms with Gasteiger partial charge in [0, 0.05) is 12.8 Å². The number of hydrogen-bond acceptors (Lipinski definition) is 3. The largest absolute Gasteiger partial charge is 0.481 e. The Labute approximate surface area is 233 Å². The number of rotatable bonds is 24. The molecule has 0 radical (unpaired) electrons. The van der Waals surface area contributed by atoms with Crippen LogP contribution >= 0.6 is 0 Å². The van der Waals surface area contributed by atoms with Crippen molar-refractivity contribution >= 4 is 5.97 Å². The Kier molecular flexibility index (Phi) is 27.4. The van der Waals surface area contributed by atoms with E-state index in [-0.39, 0.29) is 0 Å². The highest BCUT2D eigenvalue weighted by Gasteiger charge is 1.97. The Balaban J connectivity index is 3.55. The third-order valence-electron chi connectivity index (χ3n) is 6.13. The van der Waals surface area contributed by atoms with Crippen LogP contribution in [-0.4, -0.2) is 33.5 Å². The van der Waals surface area contributed by atoms with Crippen molar-refractivity contribution in [3.63, 3.8) is 0 Å². The molecule has 0 bridgehead atoms. The Bertz CT molecular complexity index is 748. The molecule has 0 aromatic rings. The lowest BCUT2D eigenvalue weighted by Gasteiger charge is -2.02. The summed E-state index contributed by atoms with van der Waals surface area (Å²) in [6, 6.07) is 0. The van der Waals surface area contributed by atoms with Crippen LogP contribution in [0.4, 0.5) is 0 Å². The highest BCUT2D eigenvalue weighted by atomic mass is 16.4. The van der Waals surface area contributed by atoms with Crippen LogP contribution in [0.15, 0.2) is 60.8 Å². The summed E-state index contributed by atoms with van der Waals surface area (Å²) in [7, 11) is 0. The van der Waals surface area contributed by atoms with Gasteiger partial charge in [-0.15, -0.1) is 0 Å². The molecular formula is C34H54O4. The van der Waals surface area contributed by atoms with Crippen LogP contribution < -0.4 is 0 Å². The van der Waals surface area contributed by atoms with Gasteiger partial charge in [0.1, 0.15) is 6.10 Å². The minimum atomic E-state index is -0.674. The molecule has 0 heterocycles. The van der Waals surface area contributed by atoms with E-state index in [1.165, 1.54) is 64.2 Å². The van der Waals surface area contributed by atoms with E-state index in [1.54, 1.807) is 24.3 Å². The first-order valence-electron chi connectivity index (χ1n) is 14.9. The fraction of sp³-hybridized carbons (Fsp3) is 0.618. The van der Waals surface area contributed by atoms with Crippen LogP contribution in [0.1, 0.15) is 122 Å². The molecule has 0 saturated heterocycles. The topological polar surface area (TPSA) is 77.8 Å². The number of carboxylic acids is 1. The van der Waals surface area contributed by atoms with Gasteiger partial charge in [-0.1, -0.05) is 138 Å². The van der Waals surface area contributed by atoms with Gasteiger partial charge in [-0.3, -0.25) is 4.79 Å². The van der Waals surface area contributed by atoms with E-state index in [2.05, 4.69) is 37.0 Å². The highest BCUT2D eigenvalue weighted by Crippen LogP contribution is 2.13. The van der Waals surface area contributed by atoms with E-state index in [9.17, 15) is 15.0 Å². The molecule has 38 heavy (non-hydrogen) atoms. The van der Waals surface area contributed by atoms with Gasteiger partial charge in [0.05, 0.1) is 6.10 Å². The lowest BCUT2D eigenvalue weighted by atomic mass is 10.0. The van der Waals surface area contributed by atoms with Crippen LogP contribution in [-0.2, 0) is 4.79 Å². The predicted molar refractivity (Wildman–Crippen MR) is 162 cm³/mol. The fourth-order valence-corrected chi connectivity index (χ4v) is 3.90. The maximum atomic E-state index is 10.5. The summed E-state index contributed by atoms with van der Waals surface area (Å²) in [5.74, 6) is 4.90. The van der Waals surface area contributed by atoms with Crippen molar-refractivity contribution in [2.45, 2.75) is 135 Å². The summed E-state index contributed by atoms with van der Waals surface area (Å²) < 4.78 is 0. The maximum Gasteiger partial charge on any atom is 0.303 e. The minimum absolute atomic E-state index is 0.318. The lowest BCUT2D eigenvalue weighted by Crippen LogP contribution is -1.99. The molecule has 2 atom stereocenters. The molecule has 4 heteroatoms. The number of carboxylic acid groups (broad SMARTS) is 1. The van der Waals surface area contributed by atoms with Gasteiger partial charge in [-0.2, -0.15) is 0 Å². The van der Waals surface area contributed by atoms with Crippen LogP contribution in [0, 0.1) is 11.8 Å². The monoisotopic (exact) mass is 526 g/mol. The predicted octanol–water partition coefficient (Wildman–Crippen LogP) is 8.62. The molecule has 2 unspecified atom stereocenters. The molecule has 0 saturated carbocycles. The minimum Gasteiger partial charge on any atom is -0.481 e. The van der Waals surface area contributed by atoms with Crippen LogP contribution in [0.5, 0.6) is 0 Å². The number of unbranched alkanes of at least 4 members (excludes halogenated alkanes) is 12. The van der Waals surface area contributed by atoms with E-state index < -0.39 is 18.2 Å².